The lowest BCUT2D eigenvalue weighted by atomic mass is 9.86. The van der Waals surface area contributed by atoms with Crippen molar-refractivity contribution in [3.8, 4) is 0 Å². The highest BCUT2D eigenvalue weighted by atomic mass is 16.5. The molecule has 0 aliphatic carbocycles. The second-order valence-corrected chi connectivity index (χ2v) is 12.6. The number of ether oxygens (including phenoxy) is 1. The zero-order chi connectivity index (χ0) is 27.8. The Morgan fingerprint density at radius 3 is 0.947 bits per heavy atom. The second kappa shape index (κ2) is 31.4. The summed E-state index contributed by atoms with van der Waals surface area (Å²) < 4.78 is 5.79. The smallest absolute Gasteiger partial charge is 0.0648 e. The number of rotatable bonds is 33. The average Bonchev–Trinajstić information content (AvgIpc) is 2.92. The van der Waals surface area contributed by atoms with Crippen molar-refractivity contribution in [1.82, 2.24) is 0 Å². The lowest BCUT2D eigenvalue weighted by Crippen LogP contribution is -2.29. The van der Waals surface area contributed by atoms with Crippen LogP contribution in [0.1, 0.15) is 213 Å². The van der Waals surface area contributed by atoms with Gasteiger partial charge in [0.15, 0.2) is 0 Å². The Bertz CT molecular complexity index is 394. The van der Waals surface area contributed by atoms with Crippen LogP contribution < -0.4 is 0 Å². The summed E-state index contributed by atoms with van der Waals surface area (Å²) in [6.45, 7) is 8.50. The molecule has 1 N–H and O–H groups in total. The van der Waals surface area contributed by atoms with Crippen LogP contribution in [-0.4, -0.2) is 23.9 Å². The van der Waals surface area contributed by atoms with Crippen molar-refractivity contribution < 1.29 is 9.84 Å². The van der Waals surface area contributed by atoms with Gasteiger partial charge in [-0.25, -0.2) is 0 Å². The van der Waals surface area contributed by atoms with E-state index >= 15 is 0 Å². The van der Waals surface area contributed by atoms with Gasteiger partial charge in [0.05, 0.1) is 5.60 Å². The molecule has 38 heavy (non-hydrogen) atoms. The summed E-state index contributed by atoms with van der Waals surface area (Å²) in [5.74, 6) is 0. The SMILES string of the molecule is CCCCCCCCCCCCCCC(O)(CCCCCCCCCCCCCC)CCCOCCCC. The number of unbranched alkanes of at least 4 members (excludes halogenated alkanes) is 23. The van der Waals surface area contributed by atoms with Crippen molar-refractivity contribution in [2.75, 3.05) is 13.2 Å². The van der Waals surface area contributed by atoms with E-state index in [1.165, 1.54) is 161 Å². The highest BCUT2D eigenvalue weighted by Gasteiger charge is 2.25. The minimum atomic E-state index is -0.453. The number of aliphatic hydroxyl groups is 1. The Morgan fingerprint density at radius 2 is 0.605 bits per heavy atom. The highest BCUT2D eigenvalue weighted by Crippen LogP contribution is 2.28. The van der Waals surface area contributed by atoms with Crippen LogP contribution in [0.3, 0.4) is 0 Å². The minimum absolute atomic E-state index is 0.453. The van der Waals surface area contributed by atoms with E-state index in [-0.39, 0.29) is 0 Å². The van der Waals surface area contributed by atoms with Crippen LogP contribution in [0.2, 0.25) is 0 Å². The predicted molar refractivity (Wildman–Crippen MR) is 171 cm³/mol. The maximum atomic E-state index is 11.5. The molecule has 0 aliphatic heterocycles. The monoisotopic (exact) mass is 539 g/mol. The highest BCUT2D eigenvalue weighted by molar-refractivity contribution is 4.78. The molecular formula is C36H74O2. The van der Waals surface area contributed by atoms with Gasteiger partial charge in [0.1, 0.15) is 0 Å². The summed E-state index contributed by atoms with van der Waals surface area (Å²) in [5, 5.41) is 11.5. The fourth-order valence-corrected chi connectivity index (χ4v) is 5.82. The van der Waals surface area contributed by atoms with Crippen LogP contribution in [-0.2, 0) is 4.74 Å². The molecule has 0 fully saturated rings. The van der Waals surface area contributed by atoms with E-state index in [9.17, 15) is 5.11 Å². The molecule has 0 spiro atoms. The van der Waals surface area contributed by atoms with E-state index in [4.69, 9.17) is 4.74 Å². The Kier molecular flexibility index (Phi) is 31.4. The second-order valence-electron chi connectivity index (χ2n) is 12.6. The maximum absolute atomic E-state index is 11.5. The molecule has 0 amide bonds. The third-order valence-electron chi connectivity index (χ3n) is 8.56. The summed E-state index contributed by atoms with van der Waals surface area (Å²) in [4.78, 5) is 0. The normalized spacial score (nSPS) is 12.0. The first kappa shape index (κ1) is 37.9. The number of hydrogen-bond acceptors (Lipinski definition) is 2. The van der Waals surface area contributed by atoms with Gasteiger partial charge in [-0.2, -0.15) is 0 Å². The molecule has 0 aromatic heterocycles. The van der Waals surface area contributed by atoms with E-state index in [0.29, 0.717) is 0 Å². The molecule has 0 saturated carbocycles. The standard InChI is InChI=1S/C36H74O2/c1-4-7-10-12-14-16-18-20-22-24-26-28-31-36(37,33-30-35-38-34-9-6-3)32-29-27-25-23-21-19-17-15-13-11-8-5-2/h37H,4-35H2,1-3H3. The van der Waals surface area contributed by atoms with Gasteiger partial charge in [-0.15, -0.1) is 0 Å². The van der Waals surface area contributed by atoms with Gasteiger partial charge in [0, 0.05) is 13.2 Å². The van der Waals surface area contributed by atoms with Crippen molar-refractivity contribution in [3.63, 3.8) is 0 Å². The molecule has 0 rings (SSSR count). The van der Waals surface area contributed by atoms with Crippen molar-refractivity contribution in [2.45, 2.75) is 219 Å². The topological polar surface area (TPSA) is 29.5 Å². The zero-order valence-electron chi connectivity index (χ0n) is 27.0. The van der Waals surface area contributed by atoms with Crippen LogP contribution >= 0.6 is 0 Å². The summed E-state index contributed by atoms with van der Waals surface area (Å²) in [6.07, 6.45) is 39.4. The Balaban J connectivity index is 3.95. The third kappa shape index (κ3) is 28.9. The molecule has 0 heterocycles. The zero-order valence-corrected chi connectivity index (χ0v) is 27.0. The third-order valence-corrected chi connectivity index (χ3v) is 8.56. The van der Waals surface area contributed by atoms with Gasteiger partial charge in [-0.1, -0.05) is 181 Å². The molecule has 0 radical (unpaired) electrons. The fourth-order valence-electron chi connectivity index (χ4n) is 5.82. The van der Waals surface area contributed by atoms with Crippen molar-refractivity contribution in [3.05, 3.63) is 0 Å². The first-order valence-corrected chi connectivity index (χ1v) is 18.0. The van der Waals surface area contributed by atoms with E-state index in [1.807, 2.05) is 0 Å². The molecule has 0 atom stereocenters. The number of hydrogen-bond donors (Lipinski definition) is 1. The van der Waals surface area contributed by atoms with E-state index in [0.717, 1.165) is 45.3 Å². The maximum Gasteiger partial charge on any atom is 0.0648 e. The first-order valence-electron chi connectivity index (χ1n) is 18.0. The summed E-state index contributed by atoms with van der Waals surface area (Å²) in [6, 6.07) is 0. The van der Waals surface area contributed by atoms with E-state index < -0.39 is 5.60 Å². The van der Waals surface area contributed by atoms with Gasteiger partial charge in [0.25, 0.3) is 0 Å². The Hall–Kier alpha value is -0.0800. The average molecular weight is 539 g/mol. The molecule has 2 nitrogen and oxygen atoms in total. The molecule has 0 aromatic rings. The molecular weight excluding hydrogens is 464 g/mol. The van der Waals surface area contributed by atoms with Crippen molar-refractivity contribution in [2.24, 2.45) is 0 Å². The lowest BCUT2D eigenvalue weighted by molar-refractivity contribution is -0.000519. The van der Waals surface area contributed by atoms with E-state index in [1.54, 1.807) is 0 Å². The molecule has 0 bridgehead atoms. The largest absolute Gasteiger partial charge is 0.390 e. The molecule has 230 valence electrons. The van der Waals surface area contributed by atoms with Gasteiger partial charge in [-0.05, 0) is 32.1 Å². The van der Waals surface area contributed by atoms with Crippen molar-refractivity contribution >= 4 is 0 Å². The van der Waals surface area contributed by atoms with E-state index in [2.05, 4.69) is 20.8 Å². The summed E-state index contributed by atoms with van der Waals surface area (Å²) in [7, 11) is 0. The Morgan fingerprint density at radius 1 is 0.342 bits per heavy atom. The fraction of sp³-hybridized carbons (Fsp3) is 1.00. The van der Waals surface area contributed by atoms with Crippen LogP contribution in [0.25, 0.3) is 0 Å². The van der Waals surface area contributed by atoms with Crippen LogP contribution in [0.15, 0.2) is 0 Å². The lowest BCUT2D eigenvalue weighted by Gasteiger charge is -2.28. The van der Waals surface area contributed by atoms with Crippen LogP contribution in [0.4, 0.5) is 0 Å². The summed E-state index contributed by atoms with van der Waals surface area (Å²) in [5.41, 5.74) is -0.453. The molecule has 0 unspecified atom stereocenters. The van der Waals surface area contributed by atoms with Gasteiger partial charge < -0.3 is 9.84 Å². The molecule has 0 aromatic carbocycles. The van der Waals surface area contributed by atoms with Crippen LogP contribution in [0, 0.1) is 0 Å². The first-order chi connectivity index (χ1) is 18.7. The summed E-state index contributed by atoms with van der Waals surface area (Å²) >= 11 is 0. The Labute approximate surface area is 241 Å². The van der Waals surface area contributed by atoms with Gasteiger partial charge >= 0.3 is 0 Å². The van der Waals surface area contributed by atoms with Crippen LogP contribution in [0.5, 0.6) is 0 Å². The van der Waals surface area contributed by atoms with Gasteiger partial charge in [0.2, 0.25) is 0 Å². The van der Waals surface area contributed by atoms with Crippen molar-refractivity contribution in [1.29, 1.82) is 0 Å². The minimum Gasteiger partial charge on any atom is -0.390 e. The quantitative estimate of drug-likeness (QED) is 0.0842. The molecule has 0 aliphatic rings. The molecule has 0 saturated heterocycles. The molecule has 2 heteroatoms. The predicted octanol–water partition coefficient (Wildman–Crippen LogP) is 12.5. The van der Waals surface area contributed by atoms with Gasteiger partial charge in [-0.3, -0.25) is 0 Å².